The molecule has 2 aromatic carbocycles. The fourth-order valence-electron chi connectivity index (χ4n) is 4.61. The highest BCUT2D eigenvalue weighted by Gasteiger charge is 2.40. The van der Waals surface area contributed by atoms with Gasteiger partial charge in [0.1, 0.15) is 11.4 Å². The molecular formula is C23H25ClN2O4. The summed E-state index contributed by atoms with van der Waals surface area (Å²) in [6.45, 7) is 0.868. The predicted molar refractivity (Wildman–Crippen MR) is 116 cm³/mol. The van der Waals surface area contributed by atoms with Crippen molar-refractivity contribution >= 4 is 28.5 Å². The first kappa shape index (κ1) is 20.7. The number of phenolic OH excluding ortho intramolecular Hbond substituents is 1. The molecule has 1 aromatic heterocycles. The molecule has 6 nitrogen and oxygen atoms in total. The van der Waals surface area contributed by atoms with Gasteiger partial charge in [-0.25, -0.2) is 4.79 Å². The van der Waals surface area contributed by atoms with Gasteiger partial charge < -0.3 is 25.6 Å². The summed E-state index contributed by atoms with van der Waals surface area (Å²) >= 11 is 6.12. The first-order chi connectivity index (χ1) is 14.4. The van der Waals surface area contributed by atoms with Crippen LogP contribution >= 0.6 is 11.6 Å². The second-order valence-electron chi connectivity index (χ2n) is 8.02. The molecule has 3 aromatic rings. The summed E-state index contributed by atoms with van der Waals surface area (Å²) in [5.74, 6) is -0.928. The summed E-state index contributed by atoms with van der Waals surface area (Å²) in [5, 5.41) is 35.6. The molecule has 0 radical (unpaired) electrons. The molecule has 2 atom stereocenters. The number of aromatic carboxylic acids is 1. The van der Waals surface area contributed by atoms with E-state index in [9.17, 15) is 20.1 Å². The standard InChI is InChI=1S/C23H25ClN2O4/c24-16-7-8-20-18(11-16)19(21(26-20)22(28)29)13-25-12-15-4-1-2-9-23(15,30)14-5-3-6-17(27)10-14/h3,5-8,10-11,15,25-27,30H,1-2,4,9,12-13H2,(H,28,29). The van der Waals surface area contributed by atoms with Crippen LogP contribution < -0.4 is 5.32 Å². The smallest absolute Gasteiger partial charge is 0.352 e. The van der Waals surface area contributed by atoms with Crippen molar-refractivity contribution in [1.29, 1.82) is 0 Å². The molecule has 0 amide bonds. The van der Waals surface area contributed by atoms with Crippen molar-refractivity contribution in [2.75, 3.05) is 6.54 Å². The highest BCUT2D eigenvalue weighted by atomic mass is 35.5. The number of carboxylic acids is 1. The minimum absolute atomic E-state index is 0.0462. The normalized spacial score (nSPS) is 21.7. The van der Waals surface area contributed by atoms with Crippen LogP contribution in [0.5, 0.6) is 5.75 Å². The van der Waals surface area contributed by atoms with Gasteiger partial charge in [0.15, 0.2) is 0 Å². The number of carbonyl (C=O) groups is 1. The number of nitrogens with one attached hydrogen (secondary N) is 2. The van der Waals surface area contributed by atoms with Crippen LogP contribution in [0, 0.1) is 5.92 Å². The third-order valence-corrected chi connectivity index (χ3v) is 6.39. The van der Waals surface area contributed by atoms with Crippen molar-refractivity contribution in [3.8, 4) is 5.75 Å². The minimum Gasteiger partial charge on any atom is -0.508 e. The first-order valence-electron chi connectivity index (χ1n) is 10.1. The molecule has 1 fully saturated rings. The maximum absolute atomic E-state index is 11.7. The van der Waals surface area contributed by atoms with Gasteiger partial charge in [0.2, 0.25) is 0 Å². The number of aromatic hydroxyl groups is 1. The molecule has 0 aliphatic heterocycles. The van der Waals surface area contributed by atoms with E-state index in [0.29, 0.717) is 30.1 Å². The molecule has 0 saturated heterocycles. The highest BCUT2D eigenvalue weighted by Crippen LogP contribution is 2.42. The second-order valence-corrected chi connectivity index (χ2v) is 8.46. The highest BCUT2D eigenvalue weighted by molar-refractivity contribution is 6.31. The molecule has 4 rings (SSSR count). The van der Waals surface area contributed by atoms with Gasteiger partial charge in [-0.2, -0.15) is 0 Å². The van der Waals surface area contributed by atoms with Crippen LogP contribution in [0.4, 0.5) is 0 Å². The number of phenols is 1. The van der Waals surface area contributed by atoms with Gasteiger partial charge in [0.25, 0.3) is 0 Å². The van der Waals surface area contributed by atoms with E-state index in [0.717, 1.165) is 35.7 Å². The van der Waals surface area contributed by atoms with E-state index in [-0.39, 0.29) is 17.4 Å². The zero-order chi connectivity index (χ0) is 21.3. The third kappa shape index (κ3) is 3.90. The summed E-state index contributed by atoms with van der Waals surface area (Å²) < 4.78 is 0. The Morgan fingerprint density at radius 1 is 1.23 bits per heavy atom. The van der Waals surface area contributed by atoms with E-state index in [1.807, 2.05) is 6.07 Å². The van der Waals surface area contributed by atoms with Gasteiger partial charge in [-0.15, -0.1) is 0 Å². The Labute approximate surface area is 179 Å². The topological polar surface area (TPSA) is 106 Å². The average Bonchev–Trinajstić information content (AvgIpc) is 3.07. The lowest BCUT2D eigenvalue weighted by Gasteiger charge is -2.40. The van der Waals surface area contributed by atoms with E-state index >= 15 is 0 Å². The molecule has 2 unspecified atom stereocenters. The lowest BCUT2D eigenvalue weighted by atomic mass is 9.71. The molecule has 30 heavy (non-hydrogen) atoms. The zero-order valence-corrected chi connectivity index (χ0v) is 17.2. The van der Waals surface area contributed by atoms with E-state index in [1.54, 1.807) is 36.4 Å². The van der Waals surface area contributed by atoms with E-state index in [4.69, 9.17) is 11.6 Å². The number of rotatable bonds is 6. The number of halogens is 1. The zero-order valence-electron chi connectivity index (χ0n) is 16.5. The summed E-state index contributed by atoms with van der Waals surface area (Å²) in [5.41, 5.74) is 1.22. The van der Waals surface area contributed by atoms with Crippen molar-refractivity contribution in [1.82, 2.24) is 10.3 Å². The largest absolute Gasteiger partial charge is 0.508 e. The van der Waals surface area contributed by atoms with Gasteiger partial charge in [0.05, 0.1) is 5.60 Å². The molecule has 158 valence electrons. The summed E-state index contributed by atoms with van der Waals surface area (Å²) in [4.78, 5) is 14.7. The fourth-order valence-corrected chi connectivity index (χ4v) is 4.78. The first-order valence-corrected chi connectivity index (χ1v) is 10.5. The monoisotopic (exact) mass is 428 g/mol. The maximum Gasteiger partial charge on any atom is 0.352 e. The molecule has 1 heterocycles. The van der Waals surface area contributed by atoms with Crippen LogP contribution in [-0.4, -0.2) is 32.8 Å². The van der Waals surface area contributed by atoms with Gasteiger partial charge in [0, 0.05) is 40.5 Å². The van der Waals surface area contributed by atoms with Crippen LogP contribution in [0.2, 0.25) is 5.02 Å². The molecular weight excluding hydrogens is 404 g/mol. The Morgan fingerprint density at radius 2 is 2.07 bits per heavy atom. The molecule has 7 heteroatoms. The number of benzene rings is 2. The van der Waals surface area contributed by atoms with Crippen LogP contribution in [-0.2, 0) is 12.1 Å². The molecule has 0 bridgehead atoms. The predicted octanol–water partition coefficient (Wildman–Crippen LogP) is 4.39. The quantitative estimate of drug-likeness (QED) is 0.400. The number of H-pyrrole nitrogens is 1. The molecule has 5 N–H and O–H groups in total. The van der Waals surface area contributed by atoms with Gasteiger partial charge in [-0.1, -0.05) is 36.6 Å². The van der Waals surface area contributed by atoms with Gasteiger partial charge >= 0.3 is 5.97 Å². The Morgan fingerprint density at radius 3 is 2.83 bits per heavy atom. The summed E-state index contributed by atoms with van der Waals surface area (Å²) in [7, 11) is 0. The van der Waals surface area contributed by atoms with Crippen LogP contribution in [0.25, 0.3) is 10.9 Å². The van der Waals surface area contributed by atoms with E-state index in [1.165, 1.54) is 0 Å². The fraction of sp³-hybridized carbons (Fsp3) is 0.348. The number of fused-ring (bicyclic) bond motifs is 1. The summed E-state index contributed by atoms with van der Waals surface area (Å²) in [6.07, 6.45) is 3.43. The number of aromatic nitrogens is 1. The number of hydrogen-bond acceptors (Lipinski definition) is 4. The lowest BCUT2D eigenvalue weighted by molar-refractivity contribution is -0.0538. The molecule has 1 saturated carbocycles. The van der Waals surface area contributed by atoms with Crippen molar-refractivity contribution < 1.29 is 20.1 Å². The van der Waals surface area contributed by atoms with Crippen molar-refractivity contribution in [3.63, 3.8) is 0 Å². The molecule has 1 aliphatic rings. The number of aliphatic hydroxyl groups is 1. The van der Waals surface area contributed by atoms with Gasteiger partial charge in [-0.3, -0.25) is 0 Å². The van der Waals surface area contributed by atoms with Crippen molar-refractivity contribution in [2.24, 2.45) is 5.92 Å². The Bertz CT molecular complexity index is 1080. The van der Waals surface area contributed by atoms with Crippen LogP contribution in [0.3, 0.4) is 0 Å². The van der Waals surface area contributed by atoms with Crippen LogP contribution in [0.1, 0.15) is 47.3 Å². The van der Waals surface area contributed by atoms with Crippen molar-refractivity contribution in [2.45, 2.75) is 37.8 Å². The van der Waals surface area contributed by atoms with Crippen molar-refractivity contribution in [3.05, 3.63) is 64.3 Å². The SMILES string of the molecule is O=C(O)c1[nH]c2ccc(Cl)cc2c1CNCC1CCCCC1(O)c1cccc(O)c1. The van der Waals surface area contributed by atoms with Gasteiger partial charge in [-0.05, 0) is 48.7 Å². The van der Waals surface area contributed by atoms with Crippen LogP contribution in [0.15, 0.2) is 42.5 Å². The minimum atomic E-state index is -1.02. The molecule has 0 spiro atoms. The maximum atomic E-state index is 11.7. The van der Waals surface area contributed by atoms with E-state index < -0.39 is 11.6 Å². The van der Waals surface area contributed by atoms with E-state index in [2.05, 4.69) is 10.3 Å². The lowest BCUT2D eigenvalue weighted by Crippen LogP contribution is -2.43. The summed E-state index contributed by atoms with van der Waals surface area (Å²) in [6, 6.07) is 12.1. The second kappa shape index (κ2) is 8.30. The Kier molecular flexibility index (Phi) is 5.73. The average molecular weight is 429 g/mol. The third-order valence-electron chi connectivity index (χ3n) is 6.16. The number of aromatic amines is 1. The number of hydrogen-bond donors (Lipinski definition) is 5. The Balaban J connectivity index is 1.55. The number of carboxylic acid groups (broad SMARTS) is 1. The Hall–Kier alpha value is -2.54. The molecule has 1 aliphatic carbocycles.